The zero-order valence-electron chi connectivity index (χ0n) is 10.9. The van der Waals surface area contributed by atoms with Crippen LogP contribution in [0.25, 0.3) is 5.52 Å². The predicted molar refractivity (Wildman–Crippen MR) is 82.8 cm³/mol. The van der Waals surface area contributed by atoms with Crippen molar-refractivity contribution in [3.8, 4) is 0 Å². The molecule has 0 radical (unpaired) electrons. The van der Waals surface area contributed by atoms with Crippen LogP contribution in [0.15, 0.2) is 48.8 Å². The third-order valence-electron chi connectivity index (χ3n) is 3.12. The Morgan fingerprint density at radius 1 is 1.24 bits per heavy atom. The highest BCUT2D eigenvalue weighted by atomic mass is 35.5. The molecule has 1 N–H and O–H groups in total. The van der Waals surface area contributed by atoms with E-state index in [1.807, 2.05) is 24.4 Å². The molecule has 2 aromatic heterocycles. The fraction of sp³-hybridized carbons (Fsp3) is 0.0667. The maximum absolute atomic E-state index is 12.1. The van der Waals surface area contributed by atoms with Gasteiger partial charge in [-0.2, -0.15) is 5.10 Å². The van der Waals surface area contributed by atoms with Crippen molar-refractivity contribution in [1.82, 2.24) is 14.9 Å². The molecule has 3 rings (SSSR count). The highest BCUT2D eigenvalue weighted by Crippen LogP contribution is 2.21. The number of hydrogen-bond donors (Lipinski definition) is 1. The Hall–Kier alpha value is -2.04. The normalized spacial score (nSPS) is 10.8. The van der Waals surface area contributed by atoms with E-state index in [4.69, 9.17) is 23.2 Å². The number of benzene rings is 1. The van der Waals surface area contributed by atoms with Crippen molar-refractivity contribution in [1.29, 1.82) is 0 Å². The molecule has 0 saturated heterocycles. The van der Waals surface area contributed by atoms with Crippen molar-refractivity contribution in [3.05, 3.63) is 70.0 Å². The number of hydrogen-bond acceptors (Lipinski definition) is 2. The molecular weight excluding hydrogens is 309 g/mol. The van der Waals surface area contributed by atoms with Crippen LogP contribution in [0.5, 0.6) is 0 Å². The quantitative estimate of drug-likeness (QED) is 0.802. The lowest BCUT2D eigenvalue weighted by Gasteiger charge is -2.06. The Labute approximate surface area is 131 Å². The Morgan fingerprint density at radius 2 is 2.10 bits per heavy atom. The van der Waals surface area contributed by atoms with Gasteiger partial charge in [0.2, 0.25) is 0 Å². The fourth-order valence-electron chi connectivity index (χ4n) is 2.07. The number of nitrogens with zero attached hydrogens (tertiary/aromatic N) is 2. The van der Waals surface area contributed by atoms with Crippen LogP contribution in [0.3, 0.4) is 0 Å². The molecule has 0 bridgehead atoms. The Morgan fingerprint density at radius 3 is 2.90 bits per heavy atom. The number of halogens is 2. The van der Waals surface area contributed by atoms with Crippen LogP contribution in [0.1, 0.15) is 15.9 Å². The smallest absolute Gasteiger partial charge is 0.253 e. The first-order valence-electron chi connectivity index (χ1n) is 6.29. The van der Waals surface area contributed by atoms with Gasteiger partial charge < -0.3 is 5.32 Å². The Kier molecular flexibility index (Phi) is 3.82. The second-order valence-corrected chi connectivity index (χ2v) is 5.35. The molecule has 0 saturated carbocycles. The van der Waals surface area contributed by atoms with Crippen molar-refractivity contribution in [2.75, 3.05) is 0 Å². The number of fused-ring (bicyclic) bond motifs is 1. The molecule has 0 fully saturated rings. The molecule has 2 heterocycles. The van der Waals surface area contributed by atoms with Gasteiger partial charge in [-0.25, -0.2) is 4.52 Å². The number of aromatic nitrogens is 2. The molecule has 0 aliphatic rings. The number of nitrogens with one attached hydrogen (secondary N) is 1. The number of carbonyl (C=O) groups is 1. The number of carbonyl (C=O) groups excluding carboxylic acids is 1. The van der Waals surface area contributed by atoms with Gasteiger partial charge in [0.15, 0.2) is 0 Å². The summed E-state index contributed by atoms with van der Waals surface area (Å²) in [6.07, 6.45) is 3.59. The molecule has 0 aliphatic carbocycles. The largest absolute Gasteiger partial charge is 0.348 e. The average molecular weight is 320 g/mol. The molecule has 0 atom stereocenters. The lowest BCUT2D eigenvalue weighted by Crippen LogP contribution is -2.23. The van der Waals surface area contributed by atoms with E-state index in [0.717, 1.165) is 11.1 Å². The lowest BCUT2D eigenvalue weighted by molar-refractivity contribution is 0.0951. The van der Waals surface area contributed by atoms with Crippen molar-refractivity contribution >= 4 is 34.6 Å². The minimum absolute atomic E-state index is 0.244. The van der Waals surface area contributed by atoms with Gasteiger partial charge in [0.1, 0.15) is 0 Å². The van der Waals surface area contributed by atoms with Crippen molar-refractivity contribution in [2.24, 2.45) is 0 Å². The minimum Gasteiger partial charge on any atom is -0.348 e. The fourth-order valence-corrected chi connectivity index (χ4v) is 2.56. The summed E-state index contributed by atoms with van der Waals surface area (Å²) in [6, 6.07) is 10.6. The molecule has 106 valence electrons. The summed E-state index contributed by atoms with van der Waals surface area (Å²) >= 11 is 11.8. The van der Waals surface area contributed by atoms with E-state index in [9.17, 15) is 4.79 Å². The third kappa shape index (κ3) is 2.86. The third-order valence-corrected chi connectivity index (χ3v) is 3.67. The number of amides is 1. The standard InChI is InChI=1S/C15H11Cl2N3O/c16-11-4-5-12(13(17)7-11)15(21)18-8-10-9-19-20-6-2-1-3-14(10)20/h1-7,9H,8H2,(H,18,21). The molecular formula is C15H11Cl2N3O. The maximum atomic E-state index is 12.1. The molecule has 21 heavy (non-hydrogen) atoms. The van der Waals surface area contributed by atoms with Gasteiger partial charge in [0.05, 0.1) is 22.3 Å². The van der Waals surface area contributed by atoms with E-state index < -0.39 is 0 Å². The Bertz CT molecular complexity index is 814. The van der Waals surface area contributed by atoms with E-state index >= 15 is 0 Å². The van der Waals surface area contributed by atoms with Crippen LogP contribution in [0.4, 0.5) is 0 Å². The van der Waals surface area contributed by atoms with Crippen molar-refractivity contribution < 1.29 is 4.79 Å². The zero-order chi connectivity index (χ0) is 14.8. The first-order valence-corrected chi connectivity index (χ1v) is 7.05. The SMILES string of the molecule is O=C(NCc1cnn2ccccc12)c1ccc(Cl)cc1Cl. The molecule has 0 aliphatic heterocycles. The van der Waals surface area contributed by atoms with Crippen LogP contribution in [-0.2, 0) is 6.54 Å². The summed E-state index contributed by atoms with van der Waals surface area (Å²) in [5.74, 6) is -0.244. The monoisotopic (exact) mass is 319 g/mol. The van der Waals surface area contributed by atoms with Crippen LogP contribution in [-0.4, -0.2) is 15.5 Å². The van der Waals surface area contributed by atoms with E-state index in [2.05, 4.69) is 10.4 Å². The van der Waals surface area contributed by atoms with Gasteiger partial charge in [-0.05, 0) is 30.3 Å². The molecule has 4 nitrogen and oxygen atoms in total. The van der Waals surface area contributed by atoms with Gasteiger partial charge in [0, 0.05) is 23.3 Å². The molecule has 1 amide bonds. The number of pyridine rings is 1. The van der Waals surface area contributed by atoms with Crippen LogP contribution in [0.2, 0.25) is 10.0 Å². The van der Waals surface area contributed by atoms with Crippen LogP contribution >= 0.6 is 23.2 Å². The number of rotatable bonds is 3. The highest BCUT2D eigenvalue weighted by molar-refractivity contribution is 6.36. The molecule has 1 aromatic carbocycles. The van der Waals surface area contributed by atoms with Crippen molar-refractivity contribution in [3.63, 3.8) is 0 Å². The van der Waals surface area contributed by atoms with Gasteiger partial charge in [-0.1, -0.05) is 29.3 Å². The van der Waals surface area contributed by atoms with Crippen LogP contribution in [0, 0.1) is 0 Å². The summed E-state index contributed by atoms with van der Waals surface area (Å²) in [6.45, 7) is 0.380. The van der Waals surface area contributed by atoms with Crippen LogP contribution < -0.4 is 5.32 Å². The van der Waals surface area contributed by atoms with Gasteiger partial charge >= 0.3 is 0 Å². The molecule has 0 unspecified atom stereocenters. The summed E-state index contributed by atoms with van der Waals surface area (Å²) in [7, 11) is 0. The van der Waals surface area contributed by atoms with E-state index in [-0.39, 0.29) is 5.91 Å². The lowest BCUT2D eigenvalue weighted by atomic mass is 10.2. The summed E-state index contributed by atoms with van der Waals surface area (Å²) < 4.78 is 1.76. The molecule has 3 aromatic rings. The average Bonchev–Trinajstić information content (AvgIpc) is 2.88. The molecule has 6 heteroatoms. The van der Waals surface area contributed by atoms with E-state index in [1.54, 1.807) is 28.9 Å². The van der Waals surface area contributed by atoms with Gasteiger partial charge in [-0.15, -0.1) is 0 Å². The zero-order valence-corrected chi connectivity index (χ0v) is 12.4. The van der Waals surface area contributed by atoms with Gasteiger partial charge in [-0.3, -0.25) is 4.79 Å². The van der Waals surface area contributed by atoms with Gasteiger partial charge in [0.25, 0.3) is 5.91 Å². The summed E-state index contributed by atoms with van der Waals surface area (Å²) in [5, 5.41) is 7.89. The minimum atomic E-state index is -0.244. The Balaban J connectivity index is 1.77. The van der Waals surface area contributed by atoms with Crippen molar-refractivity contribution in [2.45, 2.75) is 6.54 Å². The van der Waals surface area contributed by atoms with E-state index in [0.29, 0.717) is 22.2 Å². The second-order valence-electron chi connectivity index (χ2n) is 4.51. The summed E-state index contributed by atoms with van der Waals surface area (Å²) in [4.78, 5) is 12.1. The molecule has 0 spiro atoms. The predicted octanol–water partition coefficient (Wildman–Crippen LogP) is 3.57. The summed E-state index contributed by atoms with van der Waals surface area (Å²) in [5.41, 5.74) is 2.30. The highest BCUT2D eigenvalue weighted by Gasteiger charge is 2.11. The first kappa shape index (κ1) is 13.9. The topological polar surface area (TPSA) is 46.4 Å². The van der Waals surface area contributed by atoms with E-state index in [1.165, 1.54) is 0 Å². The maximum Gasteiger partial charge on any atom is 0.253 e. The first-order chi connectivity index (χ1) is 10.1. The second kappa shape index (κ2) is 5.76.